The van der Waals surface area contributed by atoms with E-state index in [0.717, 1.165) is 44.9 Å². The molecule has 56 heavy (non-hydrogen) atoms. The van der Waals surface area contributed by atoms with Gasteiger partial charge in [-0.05, 0) is 119 Å². The molecule has 0 unspecified atom stereocenters. The maximum Gasteiger partial charge on any atom is 0.187 e. The Kier molecular flexibility index (Phi) is 10.1. The van der Waals surface area contributed by atoms with Crippen LogP contribution in [0.3, 0.4) is 0 Å². The second-order valence-electron chi connectivity index (χ2n) is 21.5. The van der Waals surface area contributed by atoms with Gasteiger partial charge in [0, 0.05) is 11.3 Å². The fourth-order valence-electron chi connectivity index (χ4n) is 14.6. The number of hydrogen-bond acceptors (Lipinski definition) is 14. The Balaban J connectivity index is 1.04. The van der Waals surface area contributed by atoms with Crippen LogP contribution in [0.15, 0.2) is 0 Å². The first kappa shape index (κ1) is 42.1. The predicted molar refractivity (Wildman–Crippen MR) is 198 cm³/mol. The van der Waals surface area contributed by atoms with Crippen LogP contribution in [0.2, 0.25) is 0 Å². The third-order valence-corrected chi connectivity index (χ3v) is 18.0. The number of fused-ring (bicyclic) bond motifs is 2. The van der Waals surface area contributed by atoms with Gasteiger partial charge in [-0.3, -0.25) is 0 Å². The van der Waals surface area contributed by atoms with Crippen LogP contribution in [-0.2, 0) is 23.7 Å². The van der Waals surface area contributed by atoms with E-state index in [1.54, 1.807) is 13.8 Å². The van der Waals surface area contributed by atoms with Gasteiger partial charge in [0.25, 0.3) is 0 Å². The van der Waals surface area contributed by atoms with Crippen molar-refractivity contribution in [2.24, 2.45) is 44.8 Å². The number of hydrogen-bond donors (Lipinski definition) is 9. The topological polar surface area (TPSA) is 228 Å². The summed E-state index contributed by atoms with van der Waals surface area (Å²) in [6.07, 6.45) is -8.99. The van der Waals surface area contributed by atoms with E-state index < -0.39 is 108 Å². The molecule has 0 amide bonds. The first-order valence-electron chi connectivity index (χ1n) is 21.3. The summed E-state index contributed by atoms with van der Waals surface area (Å²) < 4.78 is 31.1. The maximum absolute atomic E-state index is 12.6. The summed E-state index contributed by atoms with van der Waals surface area (Å²) in [5, 5.41) is 99.4. The van der Waals surface area contributed by atoms with Gasteiger partial charge in [-0.2, -0.15) is 0 Å². The molecular formula is C42H70O14. The monoisotopic (exact) mass is 798 g/mol. The normalized spacial score (nSPS) is 59.2. The molecule has 22 atom stereocenters. The van der Waals surface area contributed by atoms with E-state index >= 15 is 0 Å². The minimum absolute atomic E-state index is 0.0534. The third-order valence-electron chi connectivity index (χ3n) is 18.0. The summed E-state index contributed by atoms with van der Waals surface area (Å²) in [4.78, 5) is 0. The lowest BCUT2D eigenvalue weighted by molar-refractivity contribution is -0.376. The highest BCUT2D eigenvalue weighted by molar-refractivity contribution is 5.33. The molecule has 3 aliphatic heterocycles. The van der Waals surface area contributed by atoms with Crippen molar-refractivity contribution in [3.8, 4) is 0 Å². The quantitative estimate of drug-likeness (QED) is 0.165. The zero-order valence-electron chi connectivity index (χ0n) is 34.5. The SMILES string of the molecule is C[C@@H]1O[C@@H](O[C@H]2[C@H](O[C@H]3CC[C@]45C[C@]46CC[C@]4(C)C[C@@H]([C@@]7(C)CC[C@@H](C(C)(C)O)O7)[C@@H](O)[C@@]4(C)[C@@H]6C[C@H](O)[C@H]5C3(C)C)O[C@H](CO)[C@@H](O)[C@@H]2O)[C@H](O)[C@H](O)[C@H]1O. The molecule has 8 aliphatic rings. The number of ether oxygens (including phenoxy) is 5. The van der Waals surface area contributed by atoms with Crippen LogP contribution in [0.4, 0.5) is 0 Å². The van der Waals surface area contributed by atoms with Gasteiger partial charge in [-0.15, -0.1) is 0 Å². The van der Waals surface area contributed by atoms with Gasteiger partial charge in [0.1, 0.15) is 42.7 Å². The van der Waals surface area contributed by atoms with Crippen molar-refractivity contribution < 1.29 is 69.6 Å². The van der Waals surface area contributed by atoms with E-state index in [1.165, 1.54) is 6.92 Å². The predicted octanol–water partition coefficient (Wildman–Crippen LogP) is 1.11. The molecule has 14 nitrogen and oxygen atoms in total. The van der Waals surface area contributed by atoms with Gasteiger partial charge < -0.3 is 69.6 Å². The van der Waals surface area contributed by atoms with Crippen molar-refractivity contribution in [3.05, 3.63) is 0 Å². The maximum atomic E-state index is 12.6. The summed E-state index contributed by atoms with van der Waals surface area (Å²) in [6, 6.07) is 0. The van der Waals surface area contributed by atoms with Crippen molar-refractivity contribution in [2.75, 3.05) is 6.61 Å². The van der Waals surface area contributed by atoms with Crippen molar-refractivity contribution >= 4 is 0 Å². The second-order valence-corrected chi connectivity index (χ2v) is 21.5. The van der Waals surface area contributed by atoms with E-state index in [-0.39, 0.29) is 40.1 Å². The van der Waals surface area contributed by atoms with Crippen molar-refractivity contribution in [2.45, 2.75) is 210 Å². The molecule has 0 bridgehead atoms. The highest BCUT2D eigenvalue weighted by Gasteiger charge is 2.85. The first-order valence-corrected chi connectivity index (χ1v) is 21.3. The van der Waals surface area contributed by atoms with Gasteiger partial charge in [0.2, 0.25) is 0 Å². The van der Waals surface area contributed by atoms with Crippen LogP contribution in [0.5, 0.6) is 0 Å². The Labute approximate surface area is 330 Å². The van der Waals surface area contributed by atoms with Gasteiger partial charge in [-0.1, -0.05) is 27.7 Å². The van der Waals surface area contributed by atoms with Crippen molar-refractivity contribution in [1.82, 2.24) is 0 Å². The van der Waals surface area contributed by atoms with Crippen LogP contribution in [0.25, 0.3) is 0 Å². The molecule has 5 saturated carbocycles. The van der Waals surface area contributed by atoms with Gasteiger partial charge in [-0.25, -0.2) is 0 Å². The molecule has 14 heteroatoms. The molecule has 3 heterocycles. The third kappa shape index (κ3) is 5.71. The van der Waals surface area contributed by atoms with Gasteiger partial charge in [0.05, 0.1) is 48.3 Å². The lowest BCUT2D eigenvalue weighted by Gasteiger charge is -2.64. The van der Waals surface area contributed by atoms with Crippen LogP contribution in [0.1, 0.15) is 113 Å². The molecule has 0 aromatic heterocycles. The minimum Gasteiger partial charge on any atom is -0.394 e. The van der Waals surface area contributed by atoms with E-state index in [2.05, 4.69) is 34.6 Å². The molecule has 8 fully saturated rings. The summed E-state index contributed by atoms with van der Waals surface area (Å²) in [7, 11) is 0. The van der Waals surface area contributed by atoms with Gasteiger partial charge >= 0.3 is 0 Å². The molecule has 5 aliphatic carbocycles. The highest BCUT2D eigenvalue weighted by Crippen LogP contribution is 2.89. The first-order chi connectivity index (χ1) is 25.9. The Hall–Kier alpha value is -0.560. The zero-order valence-corrected chi connectivity index (χ0v) is 34.5. The Morgan fingerprint density at radius 3 is 2.09 bits per heavy atom. The molecule has 2 spiro atoms. The molecule has 0 aromatic carbocycles. The van der Waals surface area contributed by atoms with E-state index in [9.17, 15) is 46.0 Å². The average Bonchev–Trinajstić information content (AvgIpc) is 3.48. The molecule has 0 radical (unpaired) electrons. The van der Waals surface area contributed by atoms with Crippen LogP contribution >= 0.6 is 0 Å². The lowest BCUT2D eigenvalue weighted by Crippen LogP contribution is -2.66. The summed E-state index contributed by atoms with van der Waals surface area (Å²) in [5.41, 5.74) is -2.96. The van der Waals surface area contributed by atoms with Crippen LogP contribution in [0, 0.1) is 44.8 Å². The number of aliphatic hydroxyl groups excluding tert-OH is 8. The minimum atomic E-state index is -1.67. The van der Waals surface area contributed by atoms with E-state index in [1.807, 2.05) is 0 Å². The largest absolute Gasteiger partial charge is 0.394 e. The molecule has 3 saturated heterocycles. The van der Waals surface area contributed by atoms with E-state index in [0.29, 0.717) is 12.8 Å². The number of rotatable bonds is 7. The lowest BCUT2D eigenvalue weighted by atomic mass is 9.42. The van der Waals surface area contributed by atoms with Gasteiger partial charge in [0.15, 0.2) is 12.6 Å². The Morgan fingerprint density at radius 1 is 0.750 bits per heavy atom. The number of aliphatic hydroxyl groups is 9. The molecule has 8 rings (SSSR count). The van der Waals surface area contributed by atoms with Crippen molar-refractivity contribution in [1.29, 1.82) is 0 Å². The smallest absolute Gasteiger partial charge is 0.187 e. The van der Waals surface area contributed by atoms with Crippen LogP contribution < -0.4 is 0 Å². The summed E-state index contributed by atoms with van der Waals surface area (Å²) in [5.74, 6) is -0.143. The fourth-order valence-corrected chi connectivity index (χ4v) is 14.6. The second kappa shape index (κ2) is 13.5. The van der Waals surface area contributed by atoms with E-state index in [4.69, 9.17) is 23.7 Å². The summed E-state index contributed by atoms with van der Waals surface area (Å²) in [6.45, 7) is 15.4. The zero-order chi connectivity index (χ0) is 40.9. The van der Waals surface area contributed by atoms with Crippen LogP contribution in [-0.4, -0.2) is 150 Å². The standard InChI is InChI=1S/C42H70O14/c1-19-26(45)28(47)30(49)34(52-19)55-31-29(48)27(46)22(17-43)53-35(31)54-24-10-12-42-18-41(42)14-13-38(6)16-20(39(7)11-9-25(56-39)37(4,5)51)33(50)40(38,8)23(41)15-21(44)32(42)36(24,2)3/h19-35,43-51H,9-18H2,1-8H3/t19-,20+,21-,22+,23-,24-,25-,26-,27+,28+,29-,30+,31+,32-,33+,34-,35-,38+,39+,40+,41-,42+/m0/s1. The molecule has 322 valence electrons. The average molecular weight is 799 g/mol. The highest BCUT2D eigenvalue weighted by atomic mass is 16.8. The fraction of sp³-hybridized carbons (Fsp3) is 1.00. The molecular weight excluding hydrogens is 728 g/mol. The Morgan fingerprint density at radius 2 is 1.45 bits per heavy atom. The Bertz CT molecular complexity index is 1490. The molecule has 9 N–H and O–H groups in total. The van der Waals surface area contributed by atoms with Crippen molar-refractivity contribution in [3.63, 3.8) is 0 Å². The molecule has 0 aromatic rings. The summed E-state index contributed by atoms with van der Waals surface area (Å²) >= 11 is 0.